The van der Waals surface area contributed by atoms with Crippen LogP contribution in [0.2, 0.25) is 0 Å². The van der Waals surface area contributed by atoms with Crippen LogP contribution in [0.3, 0.4) is 0 Å². The second-order valence-electron chi connectivity index (χ2n) is 12.8. The molecule has 46 heavy (non-hydrogen) atoms. The minimum atomic E-state index is -3.55. The van der Waals surface area contributed by atoms with Crippen LogP contribution in [0.4, 0.5) is 0 Å². The van der Waals surface area contributed by atoms with E-state index in [0.717, 1.165) is 44.7 Å². The van der Waals surface area contributed by atoms with E-state index < -0.39 is 34.2 Å². The molecule has 10 nitrogen and oxygen atoms in total. The van der Waals surface area contributed by atoms with Gasteiger partial charge in [0.2, 0.25) is 5.96 Å². The maximum atomic E-state index is 12.8. The van der Waals surface area contributed by atoms with Crippen molar-refractivity contribution in [3.8, 4) is 16.9 Å². The number of carbonyl (C=O) groups excluding carboxylic acids is 1. The summed E-state index contributed by atoms with van der Waals surface area (Å²) in [5.74, 6) is -2.11. The molecule has 0 saturated heterocycles. The molecule has 0 unspecified atom stereocenters. The van der Waals surface area contributed by atoms with Gasteiger partial charge < -0.3 is 20.3 Å². The Hall–Kier alpha value is -4.06. The lowest BCUT2D eigenvalue weighted by Gasteiger charge is -2.36. The fraction of sp³-hybridized carbons (Fsp3) is 0.400. The van der Waals surface area contributed by atoms with Gasteiger partial charge in [0.25, 0.3) is 0 Å². The lowest BCUT2D eigenvalue weighted by atomic mass is 9.94. The molecule has 0 saturated carbocycles. The van der Waals surface area contributed by atoms with E-state index in [1.54, 1.807) is 0 Å². The van der Waals surface area contributed by atoms with Crippen LogP contribution in [-0.2, 0) is 20.7 Å². The number of ether oxygens (including phenoxy) is 2. The molecule has 246 valence electrons. The van der Waals surface area contributed by atoms with Crippen molar-refractivity contribution in [3.63, 3.8) is 0 Å². The minimum Gasteiger partial charge on any atom is -0.487 e. The number of aliphatic carboxylic acids is 1. The fourth-order valence-electron chi connectivity index (χ4n) is 6.63. The molecule has 6 N–H and O–H groups in total. The number of nitrogens with one attached hydrogen (secondary N) is 1. The Kier molecular flexibility index (Phi) is 9.40. The second kappa shape index (κ2) is 13.0. The molecule has 1 aliphatic heterocycles. The van der Waals surface area contributed by atoms with Crippen LogP contribution in [-0.4, -0.2) is 50.9 Å². The predicted molar refractivity (Wildman–Crippen MR) is 179 cm³/mol. The summed E-state index contributed by atoms with van der Waals surface area (Å²) in [5, 5.41) is 9.77. The van der Waals surface area contributed by atoms with Gasteiger partial charge >= 0.3 is 11.9 Å². The van der Waals surface area contributed by atoms with E-state index in [2.05, 4.69) is 21.8 Å². The second-order valence-corrected chi connectivity index (χ2v) is 14.5. The maximum Gasteiger partial charge on any atom is 0.307 e. The predicted octanol–water partition coefficient (Wildman–Crippen LogP) is 6.48. The van der Waals surface area contributed by atoms with Crippen LogP contribution >= 0.6 is 10.8 Å². The molecule has 0 fully saturated rings. The van der Waals surface area contributed by atoms with Crippen LogP contribution in [0.15, 0.2) is 58.4 Å². The molecule has 1 aliphatic carbocycles. The number of carboxylic acids is 1. The van der Waals surface area contributed by atoms with Gasteiger partial charge in [-0.2, -0.15) is 0 Å². The average Bonchev–Trinajstić information content (AvgIpc) is 3.50. The van der Waals surface area contributed by atoms with Gasteiger partial charge in [0.05, 0.1) is 17.2 Å². The summed E-state index contributed by atoms with van der Waals surface area (Å²) >= 11 is 0. The number of guanidine groups is 1. The van der Waals surface area contributed by atoms with E-state index in [0.29, 0.717) is 23.3 Å². The third-order valence-electron chi connectivity index (χ3n) is 8.95. The highest BCUT2D eigenvalue weighted by Crippen LogP contribution is 2.53. The van der Waals surface area contributed by atoms with Crippen LogP contribution in [0.1, 0.15) is 72.4 Å². The fourth-order valence-corrected chi connectivity index (χ4v) is 8.21. The first-order chi connectivity index (χ1) is 21.7. The van der Waals surface area contributed by atoms with Gasteiger partial charge in [-0.1, -0.05) is 59.3 Å². The topological polar surface area (TPSA) is 164 Å². The molecular formula is C35H43N3O7S. The molecule has 0 amide bonds. The van der Waals surface area contributed by atoms with Gasteiger partial charge in [0, 0.05) is 24.4 Å². The van der Waals surface area contributed by atoms with Crippen molar-refractivity contribution in [2.24, 2.45) is 16.6 Å². The zero-order valence-electron chi connectivity index (χ0n) is 26.9. The Morgan fingerprint density at radius 3 is 2.26 bits per heavy atom. The van der Waals surface area contributed by atoms with Crippen molar-refractivity contribution in [2.45, 2.75) is 76.7 Å². The molecular weight excluding hydrogens is 606 g/mol. The first kappa shape index (κ1) is 33.3. The minimum absolute atomic E-state index is 0.106. The average molecular weight is 650 g/mol. The third-order valence-corrected chi connectivity index (χ3v) is 10.6. The lowest BCUT2D eigenvalue weighted by molar-refractivity contribution is -0.152. The van der Waals surface area contributed by atoms with E-state index in [-0.39, 0.29) is 37.9 Å². The number of aliphatic imine (C=N–C) groups is 1. The molecule has 5 rings (SSSR count). The number of hydrogen-bond acceptors (Lipinski definition) is 7. The number of hydrogen-bond donors (Lipinski definition) is 5. The van der Waals surface area contributed by atoms with Crippen molar-refractivity contribution in [1.82, 2.24) is 4.72 Å². The summed E-state index contributed by atoms with van der Waals surface area (Å²) in [4.78, 5) is 29.3. The quantitative estimate of drug-likeness (QED) is 0.0677. The molecule has 3 aromatic rings. The molecule has 3 aromatic carbocycles. The molecule has 1 atom stereocenters. The van der Waals surface area contributed by atoms with Crippen molar-refractivity contribution >= 4 is 28.7 Å². The van der Waals surface area contributed by atoms with Crippen LogP contribution in [0, 0.1) is 26.7 Å². The van der Waals surface area contributed by atoms with E-state index in [1.165, 1.54) is 0 Å². The lowest BCUT2D eigenvalue weighted by Crippen LogP contribution is -2.35. The molecule has 0 aromatic heterocycles. The van der Waals surface area contributed by atoms with Gasteiger partial charge in [-0.3, -0.25) is 23.7 Å². The summed E-state index contributed by atoms with van der Waals surface area (Å²) in [5.41, 5.74) is 13.3. The number of benzene rings is 3. The standard InChI is InChI=1S/C35H43N3O7S/c1-20-21(2)32(22(3)28-18-35(4,5)45-31(20)28)46(42,43)38-34(36)37-16-10-11-23(33(40)41)17-30(39)44-19-29-26-14-8-6-12-24(26)25-13-7-9-15-27(25)29/h6-9,12-15,23,29,42-43H,10-11,16-19H2,1-5H3,(H,40,41)(H3,36,37,38)/t23-/m1/s1. The Balaban J connectivity index is 1.15. The highest BCUT2D eigenvalue weighted by Gasteiger charge is 2.37. The number of carboxylic acid groups (broad SMARTS) is 1. The molecule has 1 heterocycles. The van der Waals surface area contributed by atoms with Gasteiger partial charge in [-0.25, -0.2) is 4.72 Å². The monoisotopic (exact) mass is 649 g/mol. The number of nitrogens with zero attached hydrogens (tertiary/aromatic N) is 1. The highest BCUT2D eigenvalue weighted by molar-refractivity contribution is 8.23. The van der Waals surface area contributed by atoms with Crippen LogP contribution < -0.4 is 15.2 Å². The van der Waals surface area contributed by atoms with Crippen molar-refractivity contribution < 1.29 is 33.3 Å². The summed E-state index contributed by atoms with van der Waals surface area (Å²) < 4.78 is 36.6. The number of esters is 1. The number of carbonyl (C=O) groups is 2. The molecule has 0 spiro atoms. The Labute approximate surface area is 271 Å². The Morgan fingerprint density at radius 1 is 1.04 bits per heavy atom. The summed E-state index contributed by atoms with van der Waals surface area (Å²) in [6, 6.07) is 16.0. The highest BCUT2D eigenvalue weighted by atomic mass is 32.3. The largest absolute Gasteiger partial charge is 0.487 e. The van der Waals surface area contributed by atoms with Crippen LogP contribution in [0.5, 0.6) is 5.75 Å². The SMILES string of the molecule is Cc1c(C)c(S(O)(O)NC(N)=NCCC[C@H](CC(=O)OCC2c3ccccc3-c3ccccc32)C(=O)O)c(C)c2c1OC(C)(C)C2. The van der Waals surface area contributed by atoms with Gasteiger partial charge in [-0.05, 0) is 86.4 Å². The molecule has 0 bridgehead atoms. The summed E-state index contributed by atoms with van der Waals surface area (Å²) in [6.07, 6.45) is 0.866. The Bertz CT molecular complexity index is 1660. The van der Waals surface area contributed by atoms with Crippen molar-refractivity contribution in [1.29, 1.82) is 0 Å². The first-order valence-electron chi connectivity index (χ1n) is 15.4. The first-order valence-corrected chi connectivity index (χ1v) is 17.0. The summed E-state index contributed by atoms with van der Waals surface area (Å²) in [7, 11) is -3.55. The molecule has 11 heteroatoms. The van der Waals surface area contributed by atoms with Gasteiger partial charge in [0.1, 0.15) is 18.0 Å². The van der Waals surface area contributed by atoms with Crippen molar-refractivity contribution in [2.75, 3.05) is 13.2 Å². The zero-order chi connectivity index (χ0) is 33.4. The normalized spacial score (nSPS) is 16.2. The smallest absolute Gasteiger partial charge is 0.307 e. The number of nitrogens with two attached hydrogens (primary N) is 1. The van der Waals surface area contributed by atoms with Crippen molar-refractivity contribution in [3.05, 3.63) is 81.9 Å². The number of rotatable bonds is 11. The van der Waals surface area contributed by atoms with E-state index in [9.17, 15) is 23.8 Å². The third kappa shape index (κ3) is 6.72. The maximum absolute atomic E-state index is 12.8. The van der Waals surface area contributed by atoms with Crippen LogP contribution in [0.25, 0.3) is 11.1 Å². The molecule has 0 radical (unpaired) electrons. The molecule has 2 aliphatic rings. The summed E-state index contributed by atoms with van der Waals surface area (Å²) in [6.45, 7) is 9.81. The van der Waals surface area contributed by atoms with E-state index in [1.807, 2.05) is 71.0 Å². The zero-order valence-corrected chi connectivity index (χ0v) is 27.7. The Morgan fingerprint density at radius 2 is 1.65 bits per heavy atom. The van der Waals surface area contributed by atoms with E-state index in [4.69, 9.17) is 15.2 Å². The number of fused-ring (bicyclic) bond motifs is 4. The van der Waals surface area contributed by atoms with Gasteiger partial charge in [0.15, 0.2) is 0 Å². The van der Waals surface area contributed by atoms with Gasteiger partial charge in [-0.15, -0.1) is 0 Å². The van der Waals surface area contributed by atoms with E-state index >= 15 is 0 Å².